The number of nitrogens with zero attached hydrogens (tertiary/aromatic N) is 2. The molecule has 0 aliphatic rings. The topological polar surface area (TPSA) is 37.8 Å². The summed E-state index contributed by atoms with van der Waals surface area (Å²) in [5.41, 5.74) is 0.790. The number of benzene rings is 1. The summed E-state index contributed by atoms with van der Waals surface area (Å²) in [5, 5.41) is 11.7. The SMILES string of the molecule is Clc1ccc(Nc2ccc(I)cc2Cl)nn1. The van der Waals surface area contributed by atoms with Crippen molar-refractivity contribution in [3.05, 3.63) is 44.1 Å². The zero-order valence-corrected chi connectivity index (χ0v) is 11.6. The molecule has 0 aliphatic carbocycles. The van der Waals surface area contributed by atoms with E-state index in [1.54, 1.807) is 12.1 Å². The van der Waals surface area contributed by atoms with Crippen molar-refractivity contribution in [2.45, 2.75) is 0 Å². The fraction of sp³-hybridized carbons (Fsp3) is 0. The Kier molecular flexibility index (Phi) is 3.83. The zero-order valence-electron chi connectivity index (χ0n) is 7.92. The van der Waals surface area contributed by atoms with Gasteiger partial charge in [-0.1, -0.05) is 23.2 Å². The van der Waals surface area contributed by atoms with Gasteiger partial charge in [-0.2, -0.15) is 0 Å². The van der Waals surface area contributed by atoms with Crippen LogP contribution in [0.25, 0.3) is 0 Å². The average Bonchev–Trinajstić information content (AvgIpc) is 2.25. The van der Waals surface area contributed by atoms with E-state index in [9.17, 15) is 0 Å². The molecule has 0 amide bonds. The van der Waals surface area contributed by atoms with Gasteiger partial charge in [0, 0.05) is 3.57 Å². The summed E-state index contributed by atoms with van der Waals surface area (Å²) in [7, 11) is 0. The number of anilines is 2. The third kappa shape index (κ3) is 2.96. The molecule has 0 saturated carbocycles. The molecule has 0 radical (unpaired) electrons. The molecule has 6 heteroatoms. The number of aromatic nitrogens is 2. The highest BCUT2D eigenvalue weighted by atomic mass is 127. The van der Waals surface area contributed by atoms with Gasteiger partial charge in [-0.15, -0.1) is 10.2 Å². The minimum atomic E-state index is 0.360. The van der Waals surface area contributed by atoms with Crippen LogP contribution in [0.3, 0.4) is 0 Å². The molecule has 0 spiro atoms. The molecule has 2 rings (SSSR count). The number of hydrogen-bond donors (Lipinski definition) is 1. The van der Waals surface area contributed by atoms with Gasteiger partial charge in [-0.25, -0.2) is 0 Å². The number of halogens is 3. The summed E-state index contributed by atoms with van der Waals surface area (Å²) in [5.74, 6) is 0.604. The first-order chi connectivity index (χ1) is 7.65. The lowest BCUT2D eigenvalue weighted by Gasteiger charge is -2.06. The largest absolute Gasteiger partial charge is 0.338 e. The summed E-state index contributed by atoms with van der Waals surface area (Å²) in [6.45, 7) is 0. The summed E-state index contributed by atoms with van der Waals surface area (Å²) < 4.78 is 1.08. The van der Waals surface area contributed by atoms with Crippen LogP contribution in [0.2, 0.25) is 10.2 Å². The maximum Gasteiger partial charge on any atom is 0.153 e. The molecular weight excluding hydrogens is 360 g/mol. The Balaban J connectivity index is 2.23. The predicted octanol–water partition coefficient (Wildman–Crippen LogP) is 4.13. The Morgan fingerprint density at radius 2 is 1.88 bits per heavy atom. The third-order valence-electron chi connectivity index (χ3n) is 1.83. The molecule has 82 valence electrons. The highest BCUT2D eigenvalue weighted by Crippen LogP contribution is 2.26. The summed E-state index contributed by atoms with van der Waals surface area (Å²) >= 11 is 13.9. The van der Waals surface area contributed by atoms with Gasteiger partial charge >= 0.3 is 0 Å². The minimum absolute atomic E-state index is 0.360. The monoisotopic (exact) mass is 365 g/mol. The van der Waals surface area contributed by atoms with Gasteiger partial charge in [-0.05, 0) is 52.9 Å². The van der Waals surface area contributed by atoms with E-state index >= 15 is 0 Å². The van der Waals surface area contributed by atoms with Crippen LogP contribution in [0, 0.1) is 3.57 Å². The third-order valence-corrected chi connectivity index (χ3v) is 3.01. The zero-order chi connectivity index (χ0) is 11.5. The van der Waals surface area contributed by atoms with Gasteiger partial charge < -0.3 is 5.32 Å². The van der Waals surface area contributed by atoms with Gasteiger partial charge in [0.25, 0.3) is 0 Å². The fourth-order valence-corrected chi connectivity index (χ4v) is 2.12. The Hall–Kier alpha value is -0.590. The quantitative estimate of drug-likeness (QED) is 0.813. The highest BCUT2D eigenvalue weighted by Gasteiger charge is 2.02. The van der Waals surface area contributed by atoms with Crippen LogP contribution in [-0.4, -0.2) is 10.2 Å². The van der Waals surface area contributed by atoms with Crippen LogP contribution in [0.4, 0.5) is 11.5 Å². The molecule has 3 nitrogen and oxygen atoms in total. The van der Waals surface area contributed by atoms with Crippen molar-refractivity contribution in [3.63, 3.8) is 0 Å². The molecule has 1 aromatic carbocycles. The lowest BCUT2D eigenvalue weighted by molar-refractivity contribution is 1.04. The normalized spacial score (nSPS) is 10.2. The second kappa shape index (κ2) is 5.16. The summed E-state index contributed by atoms with van der Waals surface area (Å²) in [4.78, 5) is 0. The van der Waals surface area contributed by atoms with E-state index < -0.39 is 0 Å². The van der Waals surface area contributed by atoms with E-state index in [1.807, 2.05) is 18.2 Å². The average molecular weight is 366 g/mol. The second-order valence-corrected chi connectivity index (χ2v) is 5.03. The van der Waals surface area contributed by atoms with Crippen molar-refractivity contribution in [1.29, 1.82) is 0 Å². The first-order valence-electron chi connectivity index (χ1n) is 4.36. The van der Waals surface area contributed by atoms with Crippen molar-refractivity contribution in [2.75, 3.05) is 5.32 Å². The Bertz CT molecular complexity index is 502. The van der Waals surface area contributed by atoms with Crippen molar-refractivity contribution < 1.29 is 0 Å². The second-order valence-electron chi connectivity index (χ2n) is 2.99. The number of hydrogen-bond acceptors (Lipinski definition) is 3. The lowest BCUT2D eigenvalue weighted by atomic mass is 10.3. The maximum atomic E-state index is 6.07. The van der Waals surface area contributed by atoms with E-state index in [1.165, 1.54) is 0 Å². The molecule has 0 bridgehead atoms. The van der Waals surface area contributed by atoms with Gasteiger partial charge in [0.05, 0.1) is 10.7 Å². The van der Waals surface area contributed by atoms with Crippen molar-refractivity contribution >= 4 is 57.3 Å². The maximum absolute atomic E-state index is 6.07. The smallest absolute Gasteiger partial charge is 0.153 e. The standard InChI is InChI=1S/C10H6Cl2IN3/c11-7-5-6(13)1-2-8(7)14-10-4-3-9(12)15-16-10/h1-5H,(H,14,16). The van der Waals surface area contributed by atoms with Crippen molar-refractivity contribution in [1.82, 2.24) is 10.2 Å². The number of rotatable bonds is 2. The first kappa shape index (κ1) is 11.9. The van der Waals surface area contributed by atoms with Crippen LogP contribution >= 0.6 is 45.8 Å². The molecule has 1 aromatic heterocycles. The Labute approximate surface area is 116 Å². The van der Waals surface area contributed by atoms with Crippen molar-refractivity contribution in [2.24, 2.45) is 0 Å². The van der Waals surface area contributed by atoms with Gasteiger partial charge in [-0.3, -0.25) is 0 Å². The molecule has 16 heavy (non-hydrogen) atoms. The molecule has 0 saturated heterocycles. The van der Waals surface area contributed by atoms with Crippen molar-refractivity contribution in [3.8, 4) is 0 Å². The minimum Gasteiger partial charge on any atom is -0.338 e. The van der Waals surface area contributed by atoms with E-state index in [4.69, 9.17) is 23.2 Å². The molecule has 0 aliphatic heterocycles. The van der Waals surface area contributed by atoms with Crippen LogP contribution in [0.5, 0.6) is 0 Å². The lowest BCUT2D eigenvalue weighted by Crippen LogP contribution is -1.95. The van der Waals surface area contributed by atoms with E-state index in [0.717, 1.165) is 9.26 Å². The Morgan fingerprint density at radius 3 is 2.50 bits per heavy atom. The van der Waals surface area contributed by atoms with Crippen LogP contribution in [-0.2, 0) is 0 Å². The summed E-state index contributed by atoms with van der Waals surface area (Å²) in [6, 6.07) is 9.12. The van der Waals surface area contributed by atoms with Crippen LogP contribution in [0.1, 0.15) is 0 Å². The molecule has 0 fully saturated rings. The molecule has 0 unspecified atom stereocenters. The molecule has 1 heterocycles. The van der Waals surface area contributed by atoms with Crippen LogP contribution < -0.4 is 5.32 Å². The number of nitrogens with one attached hydrogen (secondary N) is 1. The van der Waals surface area contributed by atoms with Gasteiger partial charge in [0.2, 0.25) is 0 Å². The van der Waals surface area contributed by atoms with Gasteiger partial charge in [0.15, 0.2) is 11.0 Å². The predicted molar refractivity (Wildman–Crippen MR) is 74.5 cm³/mol. The summed E-state index contributed by atoms with van der Waals surface area (Å²) in [6.07, 6.45) is 0. The van der Waals surface area contributed by atoms with Crippen LogP contribution in [0.15, 0.2) is 30.3 Å². The molecular formula is C10H6Cl2IN3. The van der Waals surface area contributed by atoms with Gasteiger partial charge in [0.1, 0.15) is 0 Å². The molecule has 2 aromatic rings. The first-order valence-corrected chi connectivity index (χ1v) is 6.20. The highest BCUT2D eigenvalue weighted by molar-refractivity contribution is 14.1. The fourth-order valence-electron chi connectivity index (χ4n) is 1.11. The van der Waals surface area contributed by atoms with E-state index in [0.29, 0.717) is 16.0 Å². The molecule has 0 atom stereocenters. The van der Waals surface area contributed by atoms with E-state index in [2.05, 4.69) is 38.1 Å². The van der Waals surface area contributed by atoms with E-state index in [-0.39, 0.29) is 0 Å². The Morgan fingerprint density at radius 1 is 1.06 bits per heavy atom. The molecule has 1 N–H and O–H groups in total.